The highest BCUT2D eigenvalue weighted by atomic mass is 16.4. The second kappa shape index (κ2) is 5.27. The summed E-state index contributed by atoms with van der Waals surface area (Å²) in [5.74, 6) is -1.03. The molecule has 0 heterocycles. The SMILES string of the molecule is NC(=C(N)c1ccccc1C(=O)O)c1ccccc1. The van der Waals surface area contributed by atoms with Gasteiger partial charge in [0.2, 0.25) is 0 Å². The van der Waals surface area contributed by atoms with Crippen LogP contribution in [-0.2, 0) is 0 Å². The van der Waals surface area contributed by atoms with Crippen LogP contribution < -0.4 is 11.5 Å². The normalized spacial score (nSPS) is 11.8. The molecular weight excluding hydrogens is 240 g/mol. The van der Waals surface area contributed by atoms with Crippen molar-refractivity contribution < 1.29 is 9.90 Å². The van der Waals surface area contributed by atoms with Crippen molar-refractivity contribution in [3.05, 3.63) is 71.3 Å². The lowest BCUT2D eigenvalue weighted by molar-refractivity contribution is 0.0696. The van der Waals surface area contributed by atoms with Gasteiger partial charge in [-0.1, -0.05) is 48.5 Å². The zero-order valence-electron chi connectivity index (χ0n) is 10.2. The Kier molecular flexibility index (Phi) is 3.52. The van der Waals surface area contributed by atoms with Gasteiger partial charge in [0.15, 0.2) is 0 Å². The second-order valence-corrected chi connectivity index (χ2v) is 4.04. The van der Waals surface area contributed by atoms with Gasteiger partial charge in [0.1, 0.15) is 0 Å². The molecule has 0 saturated carbocycles. The molecule has 0 bridgehead atoms. The molecule has 0 aliphatic heterocycles. The van der Waals surface area contributed by atoms with Crippen molar-refractivity contribution in [2.45, 2.75) is 0 Å². The standard InChI is InChI=1S/C15H14N2O2/c16-13(10-6-2-1-3-7-10)14(17)11-8-4-5-9-12(11)15(18)19/h1-9H,16-17H2,(H,18,19). The number of hydrogen-bond donors (Lipinski definition) is 3. The maximum atomic E-state index is 11.2. The van der Waals surface area contributed by atoms with E-state index in [0.717, 1.165) is 5.56 Å². The molecule has 0 saturated heterocycles. The van der Waals surface area contributed by atoms with Crippen LogP contribution in [0.3, 0.4) is 0 Å². The lowest BCUT2D eigenvalue weighted by atomic mass is 10.0. The molecular formula is C15H14N2O2. The van der Waals surface area contributed by atoms with E-state index >= 15 is 0 Å². The van der Waals surface area contributed by atoms with Crippen LogP contribution >= 0.6 is 0 Å². The first kappa shape index (κ1) is 12.7. The molecule has 2 rings (SSSR count). The molecule has 0 spiro atoms. The van der Waals surface area contributed by atoms with Crippen LogP contribution in [0.1, 0.15) is 21.5 Å². The topological polar surface area (TPSA) is 89.3 Å². The van der Waals surface area contributed by atoms with Crippen molar-refractivity contribution in [3.63, 3.8) is 0 Å². The maximum Gasteiger partial charge on any atom is 0.336 e. The number of nitrogens with two attached hydrogens (primary N) is 2. The summed E-state index contributed by atoms with van der Waals surface area (Å²) < 4.78 is 0. The molecule has 5 N–H and O–H groups in total. The molecule has 2 aromatic carbocycles. The summed E-state index contributed by atoms with van der Waals surface area (Å²) in [6.07, 6.45) is 0. The van der Waals surface area contributed by atoms with Crippen LogP contribution in [0.2, 0.25) is 0 Å². The molecule has 96 valence electrons. The summed E-state index contributed by atoms with van der Waals surface area (Å²) in [7, 11) is 0. The lowest BCUT2D eigenvalue weighted by Gasteiger charge is -2.10. The monoisotopic (exact) mass is 254 g/mol. The molecule has 0 radical (unpaired) electrons. The zero-order chi connectivity index (χ0) is 13.8. The van der Waals surface area contributed by atoms with Crippen LogP contribution in [0.5, 0.6) is 0 Å². The summed E-state index contributed by atoms with van der Waals surface area (Å²) in [5, 5.41) is 9.15. The zero-order valence-corrected chi connectivity index (χ0v) is 10.2. The molecule has 0 amide bonds. The lowest BCUT2D eigenvalue weighted by Crippen LogP contribution is -2.11. The molecule has 0 aliphatic rings. The molecule has 0 aliphatic carbocycles. The van der Waals surface area contributed by atoms with Gasteiger partial charge in [0.25, 0.3) is 0 Å². The van der Waals surface area contributed by atoms with Crippen LogP contribution in [0, 0.1) is 0 Å². The number of aromatic carboxylic acids is 1. The largest absolute Gasteiger partial charge is 0.478 e. The van der Waals surface area contributed by atoms with Gasteiger partial charge in [-0.2, -0.15) is 0 Å². The maximum absolute atomic E-state index is 11.2. The highest BCUT2D eigenvalue weighted by molar-refractivity contribution is 5.98. The Bertz CT molecular complexity index is 634. The summed E-state index contributed by atoms with van der Waals surface area (Å²) >= 11 is 0. The molecule has 0 fully saturated rings. The van der Waals surface area contributed by atoms with Crippen LogP contribution in [0.25, 0.3) is 11.4 Å². The third kappa shape index (κ3) is 2.57. The minimum Gasteiger partial charge on any atom is -0.478 e. The Morgan fingerprint density at radius 3 is 1.89 bits per heavy atom. The fraction of sp³-hybridized carbons (Fsp3) is 0. The molecule has 2 aromatic rings. The van der Waals surface area contributed by atoms with Crippen molar-refractivity contribution in [1.82, 2.24) is 0 Å². The summed E-state index contributed by atoms with van der Waals surface area (Å²) in [6, 6.07) is 15.7. The van der Waals surface area contributed by atoms with Gasteiger partial charge >= 0.3 is 5.97 Å². The molecule has 19 heavy (non-hydrogen) atoms. The van der Waals surface area contributed by atoms with Crippen molar-refractivity contribution >= 4 is 17.4 Å². The molecule has 0 atom stereocenters. The highest BCUT2D eigenvalue weighted by Crippen LogP contribution is 2.21. The number of carboxylic acid groups (broad SMARTS) is 1. The van der Waals surface area contributed by atoms with Crippen molar-refractivity contribution in [3.8, 4) is 0 Å². The highest BCUT2D eigenvalue weighted by Gasteiger charge is 2.13. The van der Waals surface area contributed by atoms with Gasteiger partial charge in [-0.15, -0.1) is 0 Å². The number of carbonyl (C=O) groups is 1. The third-order valence-electron chi connectivity index (χ3n) is 2.82. The van der Waals surface area contributed by atoms with E-state index in [4.69, 9.17) is 16.6 Å². The van der Waals surface area contributed by atoms with Gasteiger partial charge in [0.05, 0.1) is 17.0 Å². The Balaban J connectivity index is 2.56. The van der Waals surface area contributed by atoms with Gasteiger partial charge in [-0.3, -0.25) is 0 Å². The van der Waals surface area contributed by atoms with E-state index in [1.165, 1.54) is 6.07 Å². The average molecular weight is 254 g/mol. The number of carboxylic acids is 1. The third-order valence-corrected chi connectivity index (χ3v) is 2.82. The van der Waals surface area contributed by atoms with E-state index in [2.05, 4.69) is 0 Å². The van der Waals surface area contributed by atoms with Crippen molar-refractivity contribution in [2.24, 2.45) is 11.5 Å². The Morgan fingerprint density at radius 2 is 1.32 bits per heavy atom. The fourth-order valence-corrected chi connectivity index (χ4v) is 1.82. The van der Waals surface area contributed by atoms with Gasteiger partial charge in [-0.25, -0.2) is 4.79 Å². The Morgan fingerprint density at radius 1 is 0.789 bits per heavy atom. The van der Waals surface area contributed by atoms with E-state index in [9.17, 15) is 4.79 Å². The first-order valence-corrected chi connectivity index (χ1v) is 5.74. The summed E-state index contributed by atoms with van der Waals surface area (Å²) in [5.41, 5.74) is 14.0. The van der Waals surface area contributed by atoms with Crippen LogP contribution in [0.15, 0.2) is 54.6 Å². The van der Waals surface area contributed by atoms with E-state index in [1.807, 2.05) is 30.3 Å². The van der Waals surface area contributed by atoms with Gasteiger partial charge in [-0.05, 0) is 11.6 Å². The first-order chi connectivity index (χ1) is 9.11. The number of rotatable bonds is 3. The molecule has 4 heteroatoms. The smallest absolute Gasteiger partial charge is 0.336 e. The average Bonchev–Trinajstić information content (AvgIpc) is 2.46. The second-order valence-electron chi connectivity index (χ2n) is 4.04. The van der Waals surface area contributed by atoms with E-state index in [0.29, 0.717) is 11.3 Å². The molecule has 4 nitrogen and oxygen atoms in total. The van der Waals surface area contributed by atoms with Gasteiger partial charge < -0.3 is 16.6 Å². The Hall–Kier alpha value is -2.75. The first-order valence-electron chi connectivity index (χ1n) is 5.74. The minimum absolute atomic E-state index is 0.138. The molecule has 0 aromatic heterocycles. The molecule has 0 unspecified atom stereocenters. The van der Waals surface area contributed by atoms with Crippen LogP contribution in [0.4, 0.5) is 0 Å². The van der Waals surface area contributed by atoms with Crippen molar-refractivity contribution in [1.29, 1.82) is 0 Å². The number of hydrogen-bond acceptors (Lipinski definition) is 3. The number of benzene rings is 2. The van der Waals surface area contributed by atoms with E-state index < -0.39 is 5.97 Å². The fourth-order valence-electron chi connectivity index (χ4n) is 1.82. The Labute approximate surface area is 111 Å². The predicted molar refractivity (Wildman–Crippen MR) is 75.0 cm³/mol. The van der Waals surface area contributed by atoms with E-state index in [-0.39, 0.29) is 11.3 Å². The predicted octanol–water partition coefficient (Wildman–Crippen LogP) is 2.13. The van der Waals surface area contributed by atoms with Gasteiger partial charge in [0, 0.05) is 5.56 Å². The van der Waals surface area contributed by atoms with Crippen LogP contribution in [-0.4, -0.2) is 11.1 Å². The van der Waals surface area contributed by atoms with E-state index in [1.54, 1.807) is 18.2 Å². The summed E-state index contributed by atoms with van der Waals surface area (Å²) in [6.45, 7) is 0. The quantitative estimate of drug-likeness (QED) is 0.732. The van der Waals surface area contributed by atoms with Crippen molar-refractivity contribution in [2.75, 3.05) is 0 Å². The summed E-state index contributed by atoms with van der Waals surface area (Å²) in [4.78, 5) is 11.2. The minimum atomic E-state index is -1.03.